The van der Waals surface area contributed by atoms with Crippen LogP contribution in [-0.4, -0.2) is 90.8 Å². The van der Waals surface area contributed by atoms with Crippen molar-refractivity contribution >= 4 is 0 Å². The van der Waals surface area contributed by atoms with Gasteiger partial charge in [-0.1, -0.05) is 140 Å². The molecule has 0 radical (unpaired) electrons. The number of nitrogens with zero attached hydrogens (tertiary/aromatic N) is 2. The number of rotatable bonds is 30. The van der Waals surface area contributed by atoms with E-state index in [0.717, 1.165) is 40.3 Å². The van der Waals surface area contributed by atoms with Gasteiger partial charge in [0.1, 0.15) is 26.3 Å². The molecule has 0 aromatic rings. The molecule has 4 unspecified atom stereocenters. The lowest BCUT2D eigenvalue weighted by Gasteiger charge is -2.40. The summed E-state index contributed by atoms with van der Waals surface area (Å²) in [5.74, 6) is 3.33. The summed E-state index contributed by atoms with van der Waals surface area (Å²) in [6.07, 6.45) is 38.8. The van der Waals surface area contributed by atoms with Gasteiger partial charge in [0, 0.05) is 5.92 Å². The summed E-state index contributed by atoms with van der Waals surface area (Å²) >= 11 is 0. The van der Waals surface area contributed by atoms with E-state index in [0.29, 0.717) is 44.2 Å². The van der Waals surface area contributed by atoms with Gasteiger partial charge in [0.2, 0.25) is 0 Å². The minimum absolute atomic E-state index is 0.492. The van der Waals surface area contributed by atoms with Crippen LogP contribution in [0.1, 0.15) is 162 Å². The molecule has 2 aliphatic rings. The quantitative estimate of drug-likeness (QED) is 0.0242. The maximum Gasteiger partial charge on any atom is 0.131 e. The van der Waals surface area contributed by atoms with Crippen molar-refractivity contribution in [2.45, 2.75) is 162 Å². The fraction of sp³-hybridized carbons (Fsp3) is 0.913. The molecule has 1 saturated carbocycles. The van der Waals surface area contributed by atoms with Crippen LogP contribution in [-0.2, 0) is 19.6 Å². The van der Waals surface area contributed by atoms with Gasteiger partial charge in [0.15, 0.2) is 0 Å². The van der Waals surface area contributed by atoms with Crippen molar-refractivity contribution in [2.24, 2.45) is 29.6 Å². The molecular formula is C46H90N2O4+2. The van der Waals surface area contributed by atoms with E-state index in [2.05, 4.69) is 74.4 Å². The van der Waals surface area contributed by atoms with E-state index in [9.17, 15) is 0 Å². The monoisotopic (exact) mass is 735 g/mol. The third kappa shape index (κ3) is 23.2. The molecule has 0 aromatic heterocycles. The average Bonchev–Trinajstić information content (AvgIpc) is 3.08. The Morgan fingerprint density at radius 2 is 1.08 bits per heavy atom. The first-order chi connectivity index (χ1) is 25.0. The molecule has 1 fully saturated rings. The van der Waals surface area contributed by atoms with Crippen LogP contribution in [0.4, 0.5) is 0 Å². The second-order valence-electron chi connectivity index (χ2n) is 18.7. The number of unbranched alkanes of at least 4 members (excludes halogenated alkanes) is 11. The molecule has 2 rings (SSSR count). The van der Waals surface area contributed by atoms with Gasteiger partial charge in [-0.2, -0.15) is 0 Å². The van der Waals surface area contributed by atoms with Crippen LogP contribution in [0, 0.1) is 29.6 Å². The zero-order valence-corrected chi connectivity index (χ0v) is 36.2. The lowest BCUT2D eigenvalue weighted by molar-refractivity contribution is -0.871. The number of hydrogen-bond acceptors (Lipinski definition) is 4. The molecule has 6 heteroatoms. The van der Waals surface area contributed by atoms with E-state index in [1.54, 1.807) is 5.57 Å². The van der Waals surface area contributed by atoms with Crippen LogP contribution >= 0.6 is 0 Å². The fourth-order valence-corrected chi connectivity index (χ4v) is 8.32. The highest BCUT2D eigenvalue weighted by atomic mass is 17.2. The SMILES string of the molecule is CCCCCCC1C=C[C@@H](CCCCCCCCOOCC[N+](C)(C)C)C(/C=C2\CCCCCCC2COOCC[N+](C)(C)C)C1CCCCCC. The molecule has 52 heavy (non-hydrogen) atoms. The number of allylic oxidation sites excluding steroid dienone is 3. The zero-order chi connectivity index (χ0) is 37.9. The van der Waals surface area contributed by atoms with Crippen molar-refractivity contribution < 1.29 is 28.5 Å². The van der Waals surface area contributed by atoms with Gasteiger partial charge in [0.25, 0.3) is 0 Å². The molecule has 306 valence electrons. The summed E-state index contributed by atoms with van der Waals surface area (Å²) in [5, 5.41) is 0. The largest absolute Gasteiger partial charge is 0.329 e. The molecule has 0 N–H and O–H groups in total. The Bertz CT molecular complexity index is 907. The third-order valence-electron chi connectivity index (χ3n) is 11.8. The summed E-state index contributed by atoms with van der Waals surface area (Å²) in [6.45, 7) is 9.37. The Morgan fingerprint density at radius 3 is 1.73 bits per heavy atom. The summed E-state index contributed by atoms with van der Waals surface area (Å²) in [5.41, 5.74) is 1.70. The lowest BCUT2D eigenvalue weighted by atomic mass is 9.65. The first-order valence-corrected chi connectivity index (χ1v) is 22.5. The van der Waals surface area contributed by atoms with E-state index < -0.39 is 0 Å². The second kappa shape index (κ2) is 28.6. The maximum absolute atomic E-state index is 6.00. The van der Waals surface area contributed by atoms with Crippen molar-refractivity contribution in [3.05, 3.63) is 23.8 Å². The van der Waals surface area contributed by atoms with Gasteiger partial charge < -0.3 is 8.97 Å². The van der Waals surface area contributed by atoms with Crippen LogP contribution in [0.25, 0.3) is 0 Å². The van der Waals surface area contributed by atoms with E-state index in [-0.39, 0.29) is 0 Å². The highest BCUT2D eigenvalue weighted by molar-refractivity contribution is 5.17. The summed E-state index contributed by atoms with van der Waals surface area (Å²) < 4.78 is 1.80. The Kier molecular flexibility index (Phi) is 26.1. The van der Waals surface area contributed by atoms with Crippen LogP contribution in [0.3, 0.4) is 0 Å². The van der Waals surface area contributed by atoms with Crippen molar-refractivity contribution in [2.75, 3.05) is 81.8 Å². The Hall–Kier alpha value is -0.760. The van der Waals surface area contributed by atoms with E-state index in [4.69, 9.17) is 19.6 Å². The molecule has 6 nitrogen and oxygen atoms in total. The normalized spacial score (nSPS) is 24.0. The van der Waals surface area contributed by atoms with Gasteiger partial charge in [-0.3, -0.25) is 0 Å². The minimum Gasteiger partial charge on any atom is -0.329 e. The molecule has 0 saturated heterocycles. The molecular weight excluding hydrogens is 645 g/mol. The van der Waals surface area contributed by atoms with Crippen molar-refractivity contribution in [3.63, 3.8) is 0 Å². The van der Waals surface area contributed by atoms with Crippen molar-refractivity contribution in [3.8, 4) is 0 Å². The number of hydrogen-bond donors (Lipinski definition) is 0. The molecule has 0 bridgehead atoms. The molecule has 2 aliphatic carbocycles. The topological polar surface area (TPSA) is 36.9 Å². The van der Waals surface area contributed by atoms with E-state index in [1.165, 1.54) is 141 Å². The van der Waals surface area contributed by atoms with Gasteiger partial charge in [-0.25, -0.2) is 19.6 Å². The van der Waals surface area contributed by atoms with Crippen molar-refractivity contribution in [1.82, 2.24) is 0 Å². The lowest BCUT2D eigenvalue weighted by Crippen LogP contribution is -2.37. The Balaban J connectivity index is 2.10. The molecule has 0 aliphatic heterocycles. The van der Waals surface area contributed by atoms with Crippen LogP contribution in [0.2, 0.25) is 0 Å². The van der Waals surface area contributed by atoms with Crippen LogP contribution in [0.15, 0.2) is 23.8 Å². The molecule has 0 aromatic carbocycles. The predicted octanol–water partition coefficient (Wildman–Crippen LogP) is 11.9. The summed E-state index contributed by atoms with van der Waals surface area (Å²) in [4.78, 5) is 22.6. The third-order valence-corrected chi connectivity index (χ3v) is 11.8. The Morgan fingerprint density at radius 1 is 0.558 bits per heavy atom. The smallest absolute Gasteiger partial charge is 0.131 e. The maximum atomic E-state index is 6.00. The Labute approximate surface area is 324 Å². The molecule has 0 heterocycles. The fourth-order valence-electron chi connectivity index (χ4n) is 8.32. The van der Waals surface area contributed by atoms with E-state index in [1.807, 2.05) is 0 Å². The van der Waals surface area contributed by atoms with Crippen molar-refractivity contribution in [1.29, 1.82) is 0 Å². The van der Waals surface area contributed by atoms with Crippen LogP contribution < -0.4 is 0 Å². The number of likely N-dealkylation sites (N-methyl/N-ethyl adjacent to an activating group) is 2. The highest BCUT2D eigenvalue weighted by Gasteiger charge is 2.35. The summed E-state index contributed by atoms with van der Waals surface area (Å²) in [6, 6.07) is 0. The minimum atomic E-state index is 0.492. The second-order valence-corrected chi connectivity index (χ2v) is 18.7. The predicted molar refractivity (Wildman–Crippen MR) is 222 cm³/mol. The first kappa shape index (κ1) is 47.4. The standard InChI is InChI=1S/C46H90N2O4/c1-9-11-13-21-27-41-32-33-42(28-22-17-15-16-20-26-36-49-50-37-34-47(3,4)5)46(45(41)31-25-14-12-10-2)39-43-29-23-18-19-24-30-44(43)40-52-51-38-35-48(6,7)8/h32-33,39,41-42,44-46H,9-31,34-38,40H2,1-8H3/q+2/b43-39+/t41?,42-,44?,45?,46?/m1/s1. The molecule has 5 atom stereocenters. The van der Waals surface area contributed by atoms with Gasteiger partial charge >= 0.3 is 0 Å². The first-order valence-electron chi connectivity index (χ1n) is 22.5. The van der Waals surface area contributed by atoms with Gasteiger partial charge in [-0.05, 0) is 68.6 Å². The average molecular weight is 735 g/mol. The van der Waals surface area contributed by atoms with Gasteiger partial charge in [0.05, 0.1) is 55.5 Å². The van der Waals surface area contributed by atoms with Crippen LogP contribution in [0.5, 0.6) is 0 Å². The molecule has 0 spiro atoms. The highest BCUT2D eigenvalue weighted by Crippen LogP contribution is 2.44. The zero-order valence-electron chi connectivity index (χ0n) is 36.2. The van der Waals surface area contributed by atoms with E-state index >= 15 is 0 Å². The summed E-state index contributed by atoms with van der Waals surface area (Å²) in [7, 11) is 13.2. The van der Waals surface area contributed by atoms with Gasteiger partial charge in [-0.15, -0.1) is 0 Å². The molecule has 0 amide bonds. The number of quaternary nitrogens is 2.